The third-order valence-corrected chi connectivity index (χ3v) is 4.90. The molecule has 0 bridgehead atoms. The van der Waals surface area contributed by atoms with Crippen LogP contribution in [0.3, 0.4) is 0 Å². The van der Waals surface area contributed by atoms with E-state index in [4.69, 9.17) is 0 Å². The fourth-order valence-electron chi connectivity index (χ4n) is 2.37. The van der Waals surface area contributed by atoms with Crippen molar-refractivity contribution < 1.29 is 5.11 Å². The van der Waals surface area contributed by atoms with Crippen LogP contribution in [0.2, 0.25) is 0 Å². The summed E-state index contributed by atoms with van der Waals surface area (Å²) in [7, 11) is 0. The van der Waals surface area contributed by atoms with Crippen LogP contribution in [0.25, 0.3) is 0 Å². The summed E-state index contributed by atoms with van der Waals surface area (Å²) < 4.78 is 0. The maximum Gasteiger partial charge on any atom is 0.185 e. The average Bonchev–Trinajstić information content (AvgIpc) is 2.78. The highest BCUT2D eigenvalue weighted by atomic mass is 32.1. The first-order valence-corrected chi connectivity index (χ1v) is 7.28. The normalized spacial score (nSPS) is 19.9. The molecule has 1 aromatic heterocycles. The van der Waals surface area contributed by atoms with Crippen LogP contribution in [-0.4, -0.2) is 23.2 Å². The fourth-order valence-corrected chi connectivity index (χ4v) is 3.28. The molecule has 0 radical (unpaired) electrons. The summed E-state index contributed by atoms with van der Waals surface area (Å²) in [5.41, 5.74) is 0. The van der Waals surface area contributed by atoms with Crippen LogP contribution < -0.4 is 4.90 Å². The van der Waals surface area contributed by atoms with Crippen LogP contribution in [0.4, 0.5) is 5.13 Å². The number of thiazole rings is 1. The van der Waals surface area contributed by atoms with Gasteiger partial charge in [-0.1, -0.05) is 25.2 Å². The Labute approximate surface area is 107 Å². The molecule has 17 heavy (non-hydrogen) atoms. The molecule has 4 heteroatoms. The van der Waals surface area contributed by atoms with Crippen molar-refractivity contribution in [1.82, 2.24) is 4.98 Å². The molecule has 0 aromatic carbocycles. The van der Waals surface area contributed by atoms with E-state index < -0.39 is 6.10 Å². The molecule has 0 aliphatic carbocycles. The molecule has 0 saturated carbocycles. The quantitative estimate of drug-likeness (QED) is 0.900. The Morgan fingerprint density at radius 3 is 2.47 bits per heavy atom. The molecule has 2 heterocycles. The van der Waals surface area contributed by atoms with Gasteiger partial charge in [-0.3, -0.25) is 0 Å². The molecule has 1 aliphatic heterocycles. The number of hydrogen-bond acceptors (Lipinski definition) is 4. The van der Waals surface area contributed by atoms with Crippen LogP contribution in [0, 0.1) is 11.8 Å². The zero-order valence-corrected chi connectivity index (χ0v) is 11.7. The van der Waals surface area contributed by atoms with Gasteiger partial charge in [0.05, 0.1) is 11.0 Å². The molecule has 1 atom stereocenters. The van der Waals surface area contributed by atoms with Crippen LogP contribution in [-0.2, 0) is 0 Å². The van der Waals surface area contributed by atoms with E-state index in [9.17, 15) is 5.11 Å². The van der Waals surface area contributed by atoms with Crippen molar-refractivity contribution in [1.29, 1.82) is 0 Å². The van der Waals surface area contributed by atoms with E-state index >= 15 is 0 Å². The van der Waals surface area contributed by atoms with Gasteiger partial charge in [-0.2, -0.15) is 0 Å². The molecule has 1 aromatic rings. The second-order valence-electron chi connectivity index (χ2n) is 5.29. The van der Waals surface area contributed by atoms with Gasteiger partial charge in [0.25, 0.3) is 0 Å². The zero-order valence-electron chi connectivity index (χ0n) is 10.9. The summed E-state index contributed by atoms with van der Waals surface area (Å²) in [5.74, 6) is 1.66. The van der Waals surface area contributed by atoms with E-state index in [1.54, 1.807) is 24.5 Å². The molecule has 1 saturated heterocycles. The van der Waals surface area contributed by atoms with Crippen LogP contribution in [0.5, 0.6) is 0 Å². The number of aromatic nitrogens is 1. The van der Waals surface area contributed by atoms with Crippen molar-refractivity contribution in [3.63, 3.8) is 0 Å². The van der Waals surface area contributed by atoms with E-state index in [1.807, 2.05) is 0 Å². The lowest BCUT2D eigenvalue weighted by atomic mass is 9.87. The summed E-state index contributed by atoms with van der Waals surface area (Å²) in [5, 5.41) is 10.6. The molecule has 1 unspecified atom stereocenters. The minimum Gasteiger partial charge on any atom is -0.388 e. The zero-order chi connectivity index (χ0) is 12.4. The van der Waals surface area contributed by atoms with E-state index in [2.05, 4.69) is 23.7 Å². The van der Waals surface area contributed by atoms with Crippen LogP contribution in [0.1, 0.15) is 44.6 Å². The second-order valence-corrected chi connectivity index (χ2v) is 6.33. The van der Waals surface area contributed by atoms with E-state index in [0.29, 0.717) is 0 Å². The van der Waals surface area contributed by atoms with Gasteiger partial charge < -0.3 is 10.0 Å². The topological polar surface area (TPSA) is 36.4 Å². The van der Waals surface area contributed by atoms with Gasteiger partial charge in [-0.15, -0.1) is 0 Å². The first-order valence-electron chi connectivity index (χ1n) is 6.46. The number of nitrogens with zero attached hydrogens (tertiary/aromatic N) is 2. The van der Waals surface area contributed by atoms with E-state index in [1.165, 1.54) is 12.8 Å². The Hall–Kier alpha value is -0.610. The Bertz CT molecular complexity index is 354. The van der Waals surface area contributed by atoms with Gasteiger partial charge in [0, 0.05) is 19.3 Å². The lowest BCUT2D eigenvalue weighted by molar-refractivity contribution is 0.203. The number of rotatable bonds is 3. The van der Waals surface area contributed by atoms with Crippen molar-refractivity contribution >= 4 is 16.5 Å². The van der Waals surface area contributed by atoms with Gasteiger partial charge in [0.15, 0.2) is 5.13 Å². The molecule has 3 nitrogen and oxygen atoms in total. The van der Waals surface area contributed by atoms with Crippen LogP contribution >= 0.6 is 11.3 Å². The average molecular weight is 254 g/mol. The van der Waals surface area contributed by atoms with Gasteiger partial charge in [-0.05, 0) is 31.6 Å². The number of aliphatic hydroxyl groups is 1. The first kappa shape index (κ1) is 12.8. The molecular formula is C13H22N2OS. The molecular weight excluding hydrogens is 232 g/mol. The maximum absolute atomic E-state index is 9.50. The highest BCUT2D eigenvalue weighted by molar-refractivity contribution is 7.15. The first-order chi connectivity index (χ1) is 8.08. The van der Waals surface area contributed by atoms with Gasteiger partial charge >= 0.3 is 0 Å². The van der Waals surface area contributed by atoms with Crippen molar-refractivity contribution in [2.45, 2.75) is 39.7 Å². The largest absolute Gasteiger partial charge is 0.388 e. The highest BCUT2D eigenvalue weighted by Gasteiger charge is 2.23. The number of hydrogen-bond donors (Lipinski definition) is 1. The van der Waals surface area contributed by atoms with E-state index in [0.717, 1.165) is 34.9 Å². The Balaban J connectivity index is 1.96. The molecule has 0 amide bonds. The van der Waals surface area contributed by atoms with Crippen molar-refractivity contribution in [2.24, 2.45) is 11.8 Å². The SMILES string of the molecule is CC(O)c1cnc(N2CCC(C(C)C)CC2)s1. The van der Waals surface area contributed by atoms with Gasteiger partial charge in [0.2, 0.25) is 0 Å². The number of anilines is 1. The summed E-state index contributed by atoms with van der Waals surface area (Å²) >= 11 is 1.62. The minimum atomic E-state index is -0.394. The van der Waals surface area contributed by atoms with Crippen molar-refractivity contribution in [3.05, 3.63) is 11.1 Å². The molecule has 1 N–H and O–H groups in total. The fraction of sp³-hybridized carbons (Fsp3) is 0.769. The van der Waals surface area contributed by atoms with E-state index in [-0.39, 0.29) is 0 Å². The Morgan fingerprint density at radius 1 is 1.35 bits per heavy atom. The smallest absolute Gasteiger partial charge is 0.185 e. The lowest BCUT2D eigenvalue weighted by Gasteiger charge is -2.33. The lowest BCUT2D eigenvalue weighted by Crippen LogP contribution is -2.35. The summed E-state index contributed by atoms with van der Waals surface area (Å²) in [4.78, 5) is 7.74. The predicted octanol–water partition coefficient (Wildman–Crippen LogP) is 3.07. The summed E-state index contributed by atoms with van der Waals surface area (Å²) in [6.45, 7) is 8.64. The van der Waals surface area contributed by atoms with Gasteiger partial charge in [0.1, 0.15) is 0 Å². The molecule has 2 rings (SSSR count). The van der Waals surface area contributed by atoms with Gasteiger partial charge in [-0.25, -0.2) is 4.98 Å². The third-order valence-electron chi connectivity index (χ3n) is 3.68. The van der Waals surface area contributed by atoms with Crippen molar-refractivity contribution in [2.75, 3.05) is 18.0 Å². The third kappa shape index (κ3) is 2.99. The molecule has 1 fully saturated rings. The standard InChI is InChI=1S/C13H22N2OS/c1-9(2)11-4-6-15(7-5-11)13-14-8-12(17-13)10(3)16/h8-11,16H,4-7H2,1-3H3. The predicted molar refractivity (Wildman–Crippen MR) is 72.5 cm³/mol. The molecule has 0 spiro atoms. The van der Waals surface area contributed by atoms with Crippen LogP contribution in [0.15, 0.2) is 6.20 Å². The summed E-state index contributed by atoms with van der Waals surface area (Å²) in [6, 6.07) is 0. The number of aliphatic hydroxyl groups excluding tert-OH is 1. The Morgan fingerprint density at radius 2 is 2.00 bits per heavy atom. The monoisotopic (exact) mass is 254 g/mol. The van der Waals surface area contributed by atoms with Crippen molar-refractivity contribution in [3.8, 4) is 0 Å². The Kier molecular flexibility index (Phi) is 4.05. The molecule has 96 valence electrons. The second kappa shape index (κ2) is 5.36. The number of piperidine rings is 1. The minimum absolute atomic E-state index is 0.394. The summed E-state index contributed by atoms with van der Waals surface area (Å²) in [6.07, 6.45) is 3.94. The molecule has 1 aliphatic rings. The maximum atomic E-state index is 9.50. The highest BCUT2D eigenvalue weighted by Crippen LogP contribution is 2.31.